The zero-order valence-electron chi connectivity index (χ0n) is 12.9. The van der Waals surface area contributed by atoms with Crippen molar-refractivity contribution in [3.63, 3.8) is 0 Å². The molecule has 9 heteroatoms. The molecule has 1 aromatic rings. The molecule has 1 saturated heterocycles. The molecule has 134 valence electrons. The number of halogens is 2. The van der Waals surface area contributed by atoms with E-state index in [1.807, 2.05) is 0 Å². The molecule has 0 aromatic heterocycles. The molecule has 0 saturated carbocycles. The van der Waals surface area contributed by atoms with Crippen LogP contribution in [-0.2, 0) is 23.8 Å². The number of rotatable bonds is 2. The molecule has 25 heavy (non-hydrogen) atoms. The fourth-order valence-corrected chi connectivity index (χ4v) is 2.93. The fourth-order valence-electron chi connectivity index (χ4n) is 2.74. The van der Waals surface area contributed by atoms with Crippen molar-refractivity contribution in [1.82, 2.24) is 5.32 Å². The van der Waals surface area contributed by atoms with Crippen LogP contribution in [0.1, 0.15) is 11.7 Å². The van der Waals surface area contributed by atoms with Crippen LogP contribution in [0.3, 0.4) is 0 Å². The van der Waals surface area contributed by atoms with E-state index in [1.165, 1.54) is 12.1 Å². The van der Waals surface area contributed by atoms with E-state index in [0.29, 0.717) is 12.1 Å². The van der Waals surface area contributed by atoms with E-state index in [9.17, 15) is 19.1 Å². The van der Waals surface area contributed by atoms with Crippen molar-refractivity contribution in [2.75, 3.05) is 19.7 Å². The predicted molar refractivity (Wildman–Crippen MR) is 82.7 cm³/mol. The highest BCUT2D eigenvalue weighted by Gasteiger charge is 2.51. The number of ether oxygens (including phenoxy) is 3. The van der Waals surface area contributed by atoms with Crippen molar-refractivity contribution in [1.29, 1.82) is 0 Å². The van der Waals surface area contributed by atoms with Gasteiger partial charge in [-0.1, -0.05) is 17.7 Å². The molecular formula is C16H15ClFNO6. The number of carbonyl (C=O) groups is 2. The molecule has 2 aliphatic rings. The highest BCUT2D eigenvalue weighted by molar-refractivity contribution is 6.30. The van der Waals surface area contributed by atoms with Crippen LogP contribution in [-0.4, -0.2) is 42.7 Å². The van der Waals surface area contributed by atoms with Crippen LogP contribution in [0, 0.1) is 11.7 Å². The highest BCUT2D eigenvalue weighted by atomic mass is 35.5. The van der Waals surface area contributed by atoms with Gasteiger partial charge >= 0.3 is 17.9 Å². The van der Waals surface area contributed by atoms with Crippen molar-refractivity contribution < 1.29 is 33.3 Å². The molecule has 0 amide bonds. The van der Waals surface area contributed by atoms with Crippen molar-refractivity contribution in [2.24, 2.45) is 5.92 Å². The summed E-state index contributed by atoms with van der Waals surface area (Å²) in [6.07, 6.45) is 0.848. The second-order valence-electron chi connectivity index (χ2n) is 5.58. The number of esters is 2. The number of nitrogens with one attached hydrogen (secondary N) is 1. The quantitative estimate of drug-likeness (QED) is 0.751. The maximum absolute atomic E-state index is 13.4. The lowest BCUT2D eigenvalue weighted by Gasteiger charge is -2.36. The summed E-state index contributed by atoms with van der Waals surface area (Å²) in [5.41, 5.74) is 0.442. The lowest BCUT2D eigenvalue weighted by Crippen LogP contribution is -2.51. The van der Waals surface area contributed by atoms with Crippen LogP contribution in [0.5, 0.6) is 0 Å². The number of hydrogen-bond donors (Lipinski definition) is 2. The average molecular weight is 372 g/mol. The number of hydrogen-bond acceptors (Lipinski definition) is 7. The average Bonchev–Trinajstić information content (AvgIpc) is 2.88. The first-order chi connectivity index (χ1) is 11.9. The number of aliphatic hydroxyl groups is 1. The molecule has 0 radical (unpaired) electrons. The maximum atomic E-state index is 13.4. The van der Waals surface area contributed by atoms with Gasteiger partial charge in [-0.25, -0.2) is 14.0 Å². The normalized spacial score (nSPS) is 26.4. The first kappa shape index (κ1) is 17.8. The summed E-state index contributed by atoms with van der Waals surface area (Å²) in [5.74, 6) is -6.05. The van der Waals surface area contributed by atoms with Gasteiger partial charge in [-0.3, -0.25) is 0 Å². The second-order valence-corrected chi connectivity index (χ2v) is 5.99. The van der Waals surface area contributed by atoms with Gasteiger partial charge in [-0.2, -0.15) is 0 Å². The Morgan fingerprint density at radius 2 is 1.92 bits per heavy atom. The summed E-state index contributed by atoms with van der Waals surface area (Å²) in [4.78, 5) is 23.4. The molecule has 3 rings (SSSR count). The SMILES string of the molecule is O=C1C=CC(=O)OC(O)([C@H]2CNCCO[C@H]2c2ccc(F)c(Cl)c2)O1. The Hall–Kier alpha value is -2.00. The zero-order chi connectivity index (χ0) is 18.0. The molecule has 1 fully saturated rings. The Morgan fingerprint density at radius 1 is 1.24 bits per heavy atom. The molecule has 0 unspecified atom stereocenters. The van der Waals surface area contributed by atoms with Gasteiger partial charge in [0.1, 0.15) is 11.7 Å². The van der Waals surface area contributed by atoms with Gasteiger partial charge in [0.25, 0.3) is 0 Å². The van der Waals surface area contributed by atoms with E-state index >= 15 is 0 Å². The molecule has 0 bridgehead atoms. The van der Waals surface area contributed by atoms with Crippen LogP contribution in [0.15, 0.2) is 30.4 Å². The van der Waals surface area contributed by atoms with Gasteiger partial charge in [0.2, 0.25) is 0 Å². The highest BCUT2D eigenvalue weighted by Crippen LogP contribution is 2.38. The Bertz CT molecular complexity index is 705. The third-order valence-electron chi connectivity index (χ3n) is 3.90. The van der Waals surface area contributed by atoms with E-state index in [4.69, 9.17) is 25.8 Å². The van der Waals surface area contributed by atoms with Crippen LogP contribution >= 0.6 is 11.6 Å². The first-order valence-corrected chi connectivity index (χ1v) is 7.90. The second kappa shape index (κ2) is 7.09. The number of cyclic esters (lactones) is 2. The molecule has 2 atom stereocenters. The number of carbonyl (C=O) groups excluding carboxylic acids is 2. The largest absolute Gasteiger partial charge is 0.394 e. The van der Waals surface area contributed by atoms with Crippen LogP contribution in [0.4, 0.5) is 4.39 Å². The summed E-state index contributed by atoms with van der Waals surface area (Å²) in [6.45, 7) is 0.835. The van der Waals surface area contributed by atoms with E-state index in [1.54, 1.807) is 0 Å². The van der Waals surface area contributed by atoms with E-state index in [0.717, 1.165) is 18.2 Å². The van der Waals surface area contributed by atoms with Crippen molar-refractivity contribution >= 4 is 23.5 Å². The third kappa shape index (κ3) is 3.82. The molecule has 1 aromatic carbocycles. The van der Waals surface area contributed by atoms with E-state index in [2.05, 4.69) is 5.32 Å². The fraction of sp³-hybridized carbons (Fsp3) is 0.375. The topological polar surface area (TPSA) is 94.1 Å². The lowest BCUT2D eigenvalue weighted by atomic mass is 9.93. The van der Waals surface area contributed by atoms with Crippen molar-refractivity contribution in [2.45, 2.75) is 12.1 Å². The van der Waals surface area contributed by atoms with Crippen LogP contribution in [0.2, 0.25) is 5.02 Å². The van der Waals surface area contributed by atoms with E-state index in [-0.39, 0.29) is 18.2 Å². The maximum Gasteiger partial charge on any atom is 0.380 e. The Labute approximate surface area is 147 Å². The molecule has 2 heterocycles. The standard InChI is InChI=1S/C16H15ClFNO6/c17-11-7-9(1-2-12(11)18)15-10(8-19-5-6-23-15)16(22)24-13(20)3-4-14(21)25-16/h1-4,7,10,15,19,22H,5-6,8H2/t10-,15-/m0/s1. The molecule has 0 aliphatic carbocycles. The van der Waals surface area contributed by atoms with Gasteiger partial charge in [0.05, 0.1) is 17.7 Å². The van der Waals surface area contributed by atoms with Crippen LogP contribution < -0.4 is 5.32 Å². The monoisotopic (exact) mass is 371 g/mol. The van der Waals surface area contributed by atoms with E-state index < -0.39 is 35.8 Å². The summed E-state index contributed by atoms with van der Waals surface area (Å²) in [7, 11) is 0. The minimum Gasteiger partial charge on any atom is -0.394 e. The first-order valence-electron chi connectivity index (χ1n) is 7.53. The van der Waals surface area contributed by atoms with Gasteiger partial charge in [0, 0.05) is 25.2 Å². The van der Waals surface area contributed by atoms with Gasteiger partial charge < -0.3 is 24.6 Å². The summed E-state index contributed by atoms with van der Waals surface area (Å²) < 4.78 is 29.0. The summed E-state index contributed by atoms with van der Waals surface area (Å²) >= 11 is 5.83. The lowest BCUT2D eigenvalue weighted by molar-refractivity contribution is -0.355. The third-order valence-corrected chi connectivity index (χ3v) is 4.19. The molecule has 2 aliphatic heterocycles. The van der Waals surface area contributed by atoms with Gasteiger partial charge in [-0.15, -0.1) is 0 Å². The van der Waals surface area contributed by atoms with Gasteiger partial charge in [-0.05, 0) is 17.7 Å². The minimum atomic E-state index is -2.56. The Balaban J connectivity index is 1.98. The van der Waals surface area contributed by atoms with Crippen molar-refractivity contribution in [3.05, 3.63) is 46.8 Å². The predicted octanol–water partition coefficient (Wildman–Crippen LogP) is 1.06. The van der Waals surface area contributed by atoms with Crippen LogP contribution in [0.25, 0.3) is 0 Å². The molecule has 0 spiro atoms. The molecule has 7 nitrogen and oxygen atoms in total. The van der Waals surface area contributed by atoms with Gasteiger partial charge in [0.15, 0.2) is 0 Å². The molecule has 2 N–H and O–H groups in total. The van der Waals surface area contributed by atoms with Crippen molar-refractivity contribution in [3.8, 4) is 0 Å². The Kier molecular flexibility index (Phi) is 5.05. The Morgan fingerprint density at radius 3 is 2.56 bits per heavy atom. The summed E-state index contributed by atoms with van der Waals surface area (Å²) in [5, 5.41) is 13.6. The minimum absolute atomic E-state index is 0.108. The summed E-state index contributed by atoms with van der Waals surface area (Å²) in [6, 6.07) is 3.95. The zero-order valence-corrected chi connectivity index (χ0v) is 13.7. The smallest absolute Gasteiger partial charge is 0.380 e. The molecular weight excluding hydrogens is 357 g/mol. The number of benzene rings is 1.